The standard InChI is InChI=1S/C18H25NO4/c20-13-17-8-4-5-9-18(17,14-21)12-19(11-17)16(22)23-10-15-6-2-1-3-7-15/h1-3,6-7,20-21H,4-5,8-14H2/t17-,18+. The van der Waals surface area contributed by atoms with Crippen LogP contribution < -0.4 is 0 Å². The summed E-state index contributed by atoms with van der Waals surface area (Å²) >= 11 is 0. The number of fused-ring (bicyclic) bond motifs is 1. The third kappa shape index (κ3) is 2.83. The Morgan fingerprint density at radius 3 is 2.13 bits per heavy atom. The van der Waals surface area contributed by atoms with Crippen LogP contribution in [0.25, 0.3) is 0 Å². The molecule has 0 unspecified atom stereocenters. The van der Waals surface area contributed by atoms with Crippen LogP contribution >= 0.6 is 0 Å². The number of carbonyl (C=O) groups is 1. The van der Waals surface area contributed by atoms with Gasteiger partial charge in [-0.2, -0.15) is 0 Å². The molecule has 0 radical (unpaired) electrons. The van der Waals surface area contributed by atoms with Gasteiger partial charge in [0.1, 0.15) is 6.61 Å². The smallest absolute Gasteiger partial charge is 0.410 e. The van der Waals surface area contributed by atoms with Crippen LogP contribution in [0.2, 0.25) is 0 Å². The molecule has 2 N–H and O–H groups in total. The third-order valence-corrected chi connectivity index (χ3v) is 5.74. The molecule has 126 valence electrons. The number of carbonyl (C=O) groups excluding carboxylic acids is 1. The van der Waals surface area contributed by atoms with Crippen molar-refractivity contribution in [2.45, 2.75) is 32.3 Å². The second kappa shape index (κ2) is 6.49. The van der Waals surface area contributed by atoms with E-state index in [2.05, 4.69) is 0 Å². The van der Waals surface area contributed by atoms with Crippen molar-refractivity contribution < 1.29 is 19.7 Å². The molecule has 1 saturated heterocycles. The summed E-state index contributed by atoms with van der Waals surface area (Å²) < 4.78 is 5.42. The molecule has 1 aromatic carbocycles. The minimum Gasteiger partial charge on any atom is -0.445 e. The van der Waals surface area contributed by atoms with Crippen molar-refractivity contribution >= 4 is 6.09 Å². The van der Waals surface area contributed by atoms with E-state index >= 15 is 0 Å². The van der Waals surface area contributed by atoms with E-state index in [1.807, 2.05) is 30.3 Å². The topological polar surface area (TPSA) is 70.0 Å². The number of rotatable bonds is 4. The summed E-state index contributed by atoms with van der Waals surface area (Å²) in [5.74, 6) is 0. The lowest BCUT2D eigenvalue weighted by Gasteiger charge is -2.46. The Balaban J connectivity index is 1.68. The van der Waals surface area contributed by atoms with Gasteiger partial charge in [-0.25, -0.2) is 4.79 Å². The lowest BCUT2D eigenvalue weighted by molar-refractivity contribution is -0.0490. The molecule has 0 spiro atoms. The van der Waals surface area contributed by atoms with Crippen molar-refractivity contribution in [2.75, 3.05) is 26.3 Å². The summed E-state index contributed by atoms with van der Waals surface area (Å²) in [7, 11) is 0. The summed E-state index contributed by atoms with van der Waals surface area (Å²) in [4.78, 5) is 14.1. The van der Waals surface area contributed by atoms with Gasteiger partial charge in [0.15, 0.2) is 0 Å². The van der Waals surface area contributed by atoms with Gasteiger partial charge in [-0.1, -0.05) is 43.2 Å². The van der Waals surface area contributed by atoms with E-state index in [4.69, 9.17) is 4.74 Å². The highest BCUT2D eigenvalue weighted by Gasteiger charge is 2.59. The second-order valence-electron chi connectivity index (χ2n) is 6.98. The maximum absolute atomic E-state index is 12.4. The summed E-state index contributed by atoms with van der Waals surface area (Å²) in [5.41, 5.74) is 0.184. The van der Waals surface area contributed by atoms with Crippen LogP contribution in [-0.2, 0) is 11.3 Å². The summed E-state index contributed by atoms with van der Waals surface area (Å²) in [6, 6.07) is 9.58. The van der Waals surface area contributed by atoms with Crippen LogP contribution in [0.4, 0.5) is 4.79 Å². The number of nitrogens with zero attached hydrogens (tertiary/aromatic N) is 1. The highest BCUT2D eigenvalue weighted by atomic mass is 16.6. The van der Waals surface area contributed by atoms with Crippen molar-refractivity contribution in [3.05, 3.63) is 35.9 Å². The van der Waals surface area contributed by atoms with Gasteiger partial charge in [0, 0.05) is 23.9 Å². The van der Waals surface area contributed by atoms with Gasteiger partial charge >= 0.3 is 6.09 Å². The molecule has 23 heavy (non-hydrogen) atoms. The van der Waals surface area contributed by atoms with Gasteiger partial charge < -0.3 is 19.8 Å². The van der Waals surface area contributed by atoms with Crippen molar-refractivity contribution in [1.82, 2.24) is 4.90 Å². The van der Waals surface area contributed by atoms with Crippen molar-refractivity contribution in [1.29, 1.82) is 0 Å². The fourth-order valence-corrected chi connectivity index (χ4v) is 4.27. The first-order valence-corrected chi connectivity index (χ1v) is 8.32. The molecule has 1 saturated carbocycles. The Morgan fingerprint density at radius 1 is 1.04 bits per heavy atom. The zero-order valence-corrected chi connectivity index (χ0v) is 13.4. The lowest BCUT2D eigenvalue weighted by atomic mass is 9.58. The molecule has 2 fully saturated rings. The normalized spacial score (nSPS) is 30.1. The first-order valence-electron chi connectivity index (χ1n) is 8.32. The average Bonchev–Trinajstić information content (AvgIpc) is 2.97. The highest BCUT2D eigenvalue weighted by Crippen LogP contribution is 2.55. The largest absolute Gasteiger partial charge is 0.445 e. The predicted octanol–water partition coefficient (Wildman–Crippen LogP) is 2.17. The van der Waals surface area contributed by atoms with Crippen molar-refractivity contribution in [2.24, 2.45) is 10.8 Å². The number of hydrogen-bond acceptors (Lipinski definition) is 4. The van der Waals surface area contributed by atoms with Gasteiger partial charge in [0.05, 0.1) is 13.2 Å². The summed E-state index contributed by atoms with van der Waals surface area (Å²) in [6.07, 6.45) is 3.42. The summed E-state index contributed by atoms with van der Waals surface area (Å²) in [5, 5.41) is 19.9. The Bertz CT molecular complexity index is 527. The molecule has 1 heterocycles. The van der Waals surface area contributed by atoms with E-state index < -0.39 is 0 Å². The monoisotopic (exact) mass is 319 g/mol. The van der Waals surface area contributed by atoms with Crippen LogP contribution in [0.1, 0.15) is 31.2 Å². The van der Waals surface area contributed by atoms with Gasteiger partial charge in [0.25, 0.3) is 0 Å². The van der Waals surface area contributed by atoms with Crippen LogP contribution in [0.15, 0.2) is 30.3 Å². The Labute approximate surface area is 136 Å². The Hall–Kier alpha value is -1.59. The minimum atomic E-state index is -0.383. The predicted molar refractivity (Wildman–Crippen MR) is 85.7 cm³/mol. The molecular formula is C18H25NO4. The maximum atomic E-state index is 12.4. The molecule has 1 amide bonds. The van der Waals surface area contributed by atoms with Crippen molar-refractivity contribution in [3.8, 4) is 0 Å². The number of benzene rings is 1. The van der Waals surface area contributed by atoms with Gasteiger partial charge in [-0.05, 0) is 18.4 Å². The maximum Gasteiger partial charge on any atom is 0.410 e. The van der Waals surface area contributed by atoms with E-state index in [9.17, 15) is 15.0 Å². The van der Waals surface area contributed by atoms with E-state index in [0.717, 1.165) is 31.2 Å². The molecule has 3 rings (SSSR count). The average molecular weight is 319 g/mol. The van der Waals surface area contributed by atoms with Crippen molar-refractivity contribution in [3.63, 3.8) is 0 Å². The quantitative estimate of drug-likeness (QED) is 0.892. The molecule has 5 nitrogen and oxygen atoms in total. The Kier molecular flexibility index (Phi) is 4.60. The first-order chi connectivity index (χ1) is 11.1. The number of amides is 1. The van der Waals surface area contributed by atoms with Crippen LogP contribution in [0.3, 0.4) is 0 Å². The van der Waals surface area contributed by atoms with Crippen LogP contribution in [0.5, 0.6) is 0 Å². The van der Waals surface area contributed by atoms with E-state index in [1.165, 1.54) is 0 Å². The molecule has 0 aromatic heterocycles. The van der Waals surface area contributed by atoms with E-state index in [-0.39, 0.29) is 36.7 Å². The zero-order valence-electron chi connectivity index (χ0n) is 13.4. The van der Waals surface area contributed by atoms with Crippen LogP contribution in [-0.4, -0.2) is 47.5 Å². The van der Waals surface area contributed by atoms with Gasteiger partial charge in [-0.3, -0.25) is 0 Å². The molecule has 1 aliphatic heterocycles. The lowest BCUT2D eigenvalue weighted by Crippen LogP contribution is -2.48. The van der Waals surface area contributed by atoms with E-state index in [0.29, 0.717) is 13.1 Å². The Morgan fingerprint density at radius 2 is 1.61 bits per heavy atom. The van der Waals surface area contributed by atoms with Gasteiger partial charge in [0.2, 0.25) is 0 Å². The number of ether oxygens (including phenoxy) is 1. The van der Waals surface area contributed by atoms with E-state index in [1.54, 1.807) is 4.90 Å². The molecule has 1 aromatic rings. The molecule has 1 aliphatic carbocycles. The molecule has 0 bridgehead atoms. The zero-order chi connectivity index (χ0) is 16.3. The number of aliphatic hydroxyl groups is 2. The van der Waals surface area contributed by atoms with Crippen LogP contribution in [0, 0.1) is 10.8 Å². The molecule has 2 aliphatic rings. The first kappa shape index (κ1) is 16.3. The number of likely N-dealkylation sites (tertiary alicyclic amines) is 1. The fourth-order valence-electron chi connectivity index (χ4n) is 4.27. The molecule has 5 heteroatoms. The fraction of sp³-hybridized carbons (Fsp3) is 0.611. The minimum absolute atomic E-state index is 0.00995. The summed E-state index contributed by atoms with van der Waals surface area (Å²) in [6.45, 7) is 1.20. The third-order valence-electron chi connectivity index (χ3n) is 5.74. The molecular weight excluding hydrogens is 294 g/mol. The van der Waals surface area contributed by atoms with Gasteiger partial charge in [-0.15, -0.1) is 0 Å². The molecule has 2 atom stereocenters. The number of aliphatic hydroxyl groups excluding tert-OH is 2. The second-order valence-corrected chi connectivity index (χ2v) is 6.98. The SMILES string of the molecule is O=C(OCc1ccccc1)N1C[C@]2(CO)CCCC[C@]2(CO)C1. The highest BCUT2D eigenvalue weighted by molar-refractivity contribution is 5.68. The number of hydrogen-bond donors (Lipinski definition) is 2.